The van der Waals surface area contributed by atoms with Crippen LogP contribution in [0, 0.1) is 11.8 Å². The van der Waals surface area contributed by atoms with Crippen LogP contribution in [0.3, 0.4) is 0 Å². The van der Waals surface area contributed by atoms with Gasteiger partial charge >= 0.3 is 0 Å². The summed E-state index contributed by atoms with van der Waals surface area (Å²) in [7, 11) is 0. The predicted octanol–water partition coefficient (Wildman–Crippen LogP) is 6.59. The Morgan fingerprint density at radius 1 is 0.647 bits per heavy atom. The van der Waals surface area contributed by atoms with Gasteiger partial charge in [-0.3, -0.25) is 0 Å². The molecule has 0 saturated heterocycles. The second-order valence-electron chi connectivity index (χ2n) is 6.19. The summed E-state index contributed by atoms with van der Waals surface area (Å²) in [6.45, 7) is 9.36. The second-order valence-corrected chi connectivity index (χ2v) is 6.19. The van der Waals surface area contributed by atoms with Gasteiger partial charge in [0.1, 0.15) is 0 Å². The van der Waals surface area contributed by atoms with Crippen LogP contribution in [0.4, 0.5) is 0 Å². The molecule has 0 heterocycles. The van der Waals surface area contributed by atoms with Crippen molar-refractivity contribution in [2.45, 2.75) is 98.3 Å². The molecule has 104 valence electrons. The first-order valence-corrected chi connectivity index (χ1v) is 8.20. The monoisotopic (exact) mass is 240 g/mol. The Balaban J connectivity index is 3.40. The molecule has 0 aromatic rings. The van der Waals surface area contributed by atoms with Gasteiger partial charge in [-0.2, -0.15) is 0 Å². The summed E-state index contributed by atoms with van der Waals surface area (Å²) in [5.41, 5.74) is 0. The van der Waals surface area contributed by atoms with Crippen LogP contribution in [0.15, 0.2) is 0 Å². The Kier molecular flexibility index (Phi) is 12.5. The van der Waals surface area contributed by atoms with Crippen molar-refractivity contribution in [2.75, 3.05) is 0 Å². The molecule has 0 N–H and O–H groups in total. The summed E-state index contributed by atoms with van der Waals surface area (Å²) in [5.74, 6) is 1.90. The normalized spacial score (nSPS) is 13.2. The summed E-state index contributed by atoms with van der Waals surface area (Å²) >= 11 is 0. The van der Waals surface area contributed by atoms with E-state index in [1.54, 1.807) is 0 Å². The summed E-state index contributed by atoms with van der Waals surface area (Å²) in [6.07, 6.45) is 15.9. The molecule has 0 amide bonds. The molecule has 0 aliphatic carbocycles. The van der Waals surface area contributed by atoms with E-state index in [-0.39, 0.29) is 0 Å². The van der Waals surface area contributed by atoms with Crippen molar-refractivity contribution in [3.63, 3.8) is 0 Å². The average molecular weight is 240 g/mol. The highest BCUT2D eigenvalue weighted by Crippen LogP contribution is 2.23. The molecule has 0 heteroatoms. The largest absolute Gasteiger partial charge is 0.0654 e. The van der Waals surface area contributed by atoms with Crippen LogP contribution in [0.1, 0.15) is 98.3 Å². The predicted molar refractivity (Wildman–Crippen MR) is 80.5 cm³/mol. The molecule has 0 fully saturated rings. The van der Waals surface area contributed by atoms with E-state index in [0.29, 0.717) is 0 Å². The molecule has 0 aromatic carbocycles. The number of hydrogen-bond acceptors (Lipinski definition) is 0. The SMILES string of the molecule is CCCCCCCCCC(CCC)CC(C)C. The van der Waals surface area contributed by atoms with Crippen molar-refractivity contribution in [3.8, 4) is 0 Å². The third-order valence-electron chi connectivity index (χ3n) is 3.72. The smallest absolute Gasteiger partial charge is 0.0412 e. The lowest BCUT2D eigenvalue weighted by molar-refractivity contribution is 0.348. The molecular weight excluding hydrogens is 204 g/mol. The summed E-state index contributed by atoms with van der Waals surface area (Å²) < 4.78 is 0. The van der Waals surface area contributed by atoms with E-state index in [4.69, 9.17) is 0 Å². The molecule has 0 aliphatic heterocycles. The lowest BCUT2D eigenvalue weighted by atomic mass is 9.88. The Bertz CT molecular complexity index is 137. The highest BCUT2D eigenvalue weighted by atomic mass is 14.1. The maximum Gasteiger partial charge on any atom is -0.0412 e. The summed E-state index contributed by atoms with van der Waals surface area (Å²) in [6, 6.07) is 0. The molecule has 0 radical (unpaired) electrons. The first kappa shape index (κ1) is 17.0. The van der Waals surface area contributed by atoms with Crippen LogP contribution in [-0.2, 0) is 0 Å². The van der Waals surface area contributed by atoms with Crippen molar-refractivity contribution >= 4 is 0 Å². The number of hydrogen-bond donors (Lipinski definition) is 0. The Morgan fingerprint density at radius 3 is 1.76 bits per heavy atom. The fourth-order valence-electron chi connectivity index (χ4n) is 2.85. The molecule has 0 saturated carbocycles. The molecule has 1 unspecified atom stereocenters. The van der Waals surface area contributed by atoms with Gasteiger partial charge < -0.3 is 0 Å². The minimum absolute atomic E-state index is 0.885. The maximum absolute atomic E-state index is 2.37. The van der Waals surface area contributed by atoms with E-state index >= 15 is 0 Å². The van der Waals surface area contributed by atoms with Gasteiger partial charge in [-0.1, -0.05) is 91.9 Å². The van der Waals surface area contributed by atoms with E-state index in [9.17, 15) is 0 Å². The van der Waals surface area contributed by atoms with Crippen LogP contribution in [-0.4, -0.2) is 0 Å². The van der Waals surface area contributed by atoms with E-state index in [2.05, 4.69) is 27.7 Å². The number of unbranched alkanes of at least 4 members (excludes halogenated alkanes) is 6. The summed E-state index contributed by atoms with van der Waals surface area (Å²) in [4.78, 5) is 0. The van der Waals surface area contributed by atoms with Crippen LogP contribution in [0.2, 0.25) is 0 Å². The molecule has 0 spiro atoms. The molecule has 0 bridgehead atoms. The van der Waals surface area contributed by atoms with Gasteiger partial charge in [0.25, 0.3) is 0 Å². The van der Waals surface area contributed by atoms with Crippen LogP contribution in [0.5, 0.6) is 0 Å². The van der Waals surface area contributed by atoms with Gasteiger partial charge in [-0.15, -0.1) is 0 Å². The number of rotatable bonds is 12. The van der Waals surface area contributed by atoms with Crippen molar-refractivity contribution in [3.05, 3.63) is 0 Å². The zero-order valence-electron chi connectivity index (χ0n) is 12.9. The lowest BCUT2D eigenvalue weighted by Gasteiger charge is -2.18. The van der Waals surface area contributed by atoms with Gasteiger partial charge in [-0.25, -0.2) is 0 Å². The van der Waals surface area contributed by atoms with E-state index in [0.717, 1.165) is 11.8 Å². The first-order valence-electron chi connectivity index (χ1n) is 8.20. The van der Waals surface area contributed by atoms with Gasteiger partial charge in [-0.05, 0) is 18.3 Å². The lowest BCUT2D eigenvalue weighted by Crippen LogP contribution is -2.04. The zero-order chi connectivity index (χ0) is 12.9. The molecule has 0 rings (SSSR count). The van der Waals surface area contributed by atoms with Crippen LogP contribution >= 0.6 is 0 Å². The van der Waals surface area contributed by atoms with E-state index < -0.39 is 0 Å². The highest BCUT2D eigenvalue weighted by Gasteiger charge is 2.09. The third-order valence-corrected chi connectivity index (χ3v) is 3.72. The molecular formula is C17H36. The van der Waals surface area contributed by atoms with Crippen molar-refractivity contribution in [1.82, 2.24) is 0 Å². The minimum Gasteiger partial charge on any atom is -0.0654 e. The Hall–Kier alpha value is 0. The van der Waals surface area contributed by atoms with Crippen molar-refractivity contribution < 1.29 is 0 Å². The molecule has 0 aliphatic rings. The fourth-order valence-corrected chi connectivity index (χ4v) is 2.85. The average Bonchev–Trinajstić information content (AvgIpc) is 2.27. The van der Waals surface area contributed by atoms with Crippen molar-refractivity contribution in [1.29, 1.82) is 0 Å². The standard InChI is InChI=1S/C17H36/c1-5-7-8-9-10-11-12-14-17(13-6-2)15-16(3)4/h16-17H,5-15H2,1-4H3. The molecule has 0 aromatic heterocycles. The van der Waals surface area contributed by atoms with Gasteiger partial charge in [0, 0.05) is 0 Å². The maximum atomic E-state index is 2.37. The van der Waals surface area contributed by atoms with Gasteiger partial charge in [0.15, 0.2) is 0 Å². The zero-order valence-corrected chi connectivity index (χ0v) is 12.9. The quantitative estimate of drug-likeness (QED) is 0.338. The Labute approximate surface area is 111 Å². The molecule has 1 atom stereocenters. The van der Waals surface area contributed by atoms with Crippen molar-refractivity contribution in [2.24, 2.45) is 11.8 Å². The third kappa shape index (κ3) is 12.2. The highest BCUT2D eigenvalue weighted by molar-refractivity contribution is 4.62. The van der Waals surface area contributed by atoms with Gasteiger partial charge in [0.2, 0.25) is 0 Å². The first-order chi connectivity index (χ1) is 8.20. The molecule has 0 nitrogen and oxygen atoms in total. The van der Waals surface area contributed by atoms with Gasteiger partial charge in [0.05, 0.1) is 0 Å². The van der Waals surface area contributed by atoms with E-state index in [1.807, 2.05) is 0 Å². The second kappa shape index (κ2) is 12.5. The van der Waals surface area contributed by atoms with E-state index in [1.165, 1.54) is 70.6 Å². The topological polar surface area (TPSA) is 0 Å². The van der Waals surface area contributed by atoms with Crippen LogP contribution in [0.25, 0.3) is 0 Å². The molecule has 17 heavy (non-hydrogen) atoms. The fraction of sp³-hybridized carbons (Fsp3) is 1.00. The minimum atomic E-state index is 0.885. The van der Waals surface area contributed by atoms with Crippen LogP contribution < -0.4 is 0 Å². The Morgan fingerprint density at radius 2 is 1.24 bits per heavy atom. The summed E-state index contributed by atoms with van der Waals surface area (Å²) in [5, 5.41) is 0.